The minimum atomic E-state index is -0.548. The topological polar surface area (TPSA) is 72.9 Å². The molecule has 4 aromatic rings. The van der Waals surface area contributed by atoms with Crippen molar-refractivity contribution in [2.24, 2.45) is 0 Å². The summed E-state index contributed by atoms with van der Waals surface area (Å²) in [6.07, 6.45) is 1.65. The molecule has 39 heavy (non-hydrogen) atoms. The van der Waals surface area contributed by atoms with Crippen molar-refractivity contribution in [2.45, 2.75) is 13.5 Å². The van der Waals surface area contributed by atoms with Crippen molar-refractivity contribution in [1.82, 2.24) is 4.90 Å². The van der Waals surface area contributed by atoms with Gasteiger partial charge in [0.2, 0.25) is 0 Å². The van der Waals surface area contributed by atoms with Gasteiger partial charge >= 0.3 is 5.97 Å². The number of carbonyl (C=O) groups excluding carboxylic acids is 3. The highest BCUT2D eigenvalue weighted by atomic mass is 127. The number of halogens is 2. The number of rotatable bonds is 7. The fourth-order valence-corrected chi connectivity index (χ4v) is 5.78. The Hall–Kier alpha value is -3.34. The monoisotopic (exact) mass is 669 g/mol. The number of imide groups is 1. The third kappa shape index (κ3) is 6.13. The number of nitrogens with zero attached hydrogens (tertiary/aromatic N) is 1. The molecule has 0 saturated carbocycles. The Kier molecular flexibility index (Phi) is 8.25. The lowest BCUT2D eigenvalue weighted by molar-refractivity contribution is -0.123. The molecule has 1 aliphatic rings. The van der Waals surface area contributed by atoms with Crippen LogP contribution in [0.3, 0.4) is 0 Å². The van der Waals surface area contributed by atoms with Crippen molar-refractivity contribution in [3.63, 3.8) is 0 Å². The second-order valence-corrected chi connectivity index (χ2v) is 11.2. The summed E-state index contributed by atoms with van der Waals surface area (Å²) in [5.41, 5.74) is 1.87. The van der Waals surface area contributed by atoms with Crippen LogP contribution in [0.25, 0.3) is 16.8 Å². The predicted molar refractivity (Wildman–Crippen MR) is 162 cm³/mol. The van der Waals surface area contributed by atoms with E-state index in [1.807, 2.05) is 49.4 Å². The number of hydrogen-bond donors (Lipinski definition) is 0. The van der Waals surface area contributed by atoms with Gasteiger partial charge in [-0.3, -0.25) is 14.5 Å². The van der Waals surface area contributed by atoms with Gasteiger partial charge in [-0.1, -0.05) is 48.0 Å². The summed E-state index contributed by atoms with van der Waals surface area (Å²) >= 11 is 8.87. The number of esters is 1. The Bertz CT molecular complexity index is 1640. The Morgan fingerprint density at radius 1 is 1.00 bits per heavy atom. The molecule has 0 radical (unpaired) electrons. The van der Waals surface area contributed by atoms with Crippen LogP contribution in [0, 0.1) is 3.57 Å². The highest BCUT2D eigenvalue weighted by molar-refractivity contribution is 14.1. The molecule has 0 aromatic heterocycles. The Labute approximate surface area is 248 Å². The number of amides is 2. The maximum Gasteiger partial charge on any atom is 0.343 e. The van der Waals surface area contributed by atoms with E-state index in [4.69, 9.17) is 21.1 Å². The number of benzene rings is 4. The molecule has 0 spiro atoms. The van der Waals surface area contributed by atoms with Crippen molar-refractivity contribution in [2.75, 3.05) is 6.61 Å². The van der Waals surface area contributed by atoms with Crippen LogP contribution in [0.2, 0.25) is 5.02 Å². The first-order valence-corrected chi connectivity index (χ1v) is 14.3. The van der Waals surface area contributed by atoms with Crippen LogP contribution in [0.5, 0.6) is 11.5 Å². The summed E-state index contributed by atoms with van der Waals surface area (Å²) in [5.74, 6) is -0.273. The van der Waals surface area contributed by atoms with E-state index in [1.165, 1.54) is 4.90 Å². The minimum Gasteiger partial charge on any atom is -0.490 e. The molecule has 0 unspecified atom stereocenters. The zero-order valence-corrected chi connectivity index (χ0v) is 24.4. The molecule has 1 saturated heterocycles. The number of ether oxygens (including phenoxy) is 2. The minimum absolute atomic E-state index is 0.189. The van der Waals surface area contributed by atoms with Crippen molar-refractivity contribution in [1.29, 1.82) is 0 Å². The van der Waals surface area contributed by atoms with Gasteiger partial charge in [0.05, 0.1) is 27.2 Å². The smallest absolute Gasteiger partial charge is 0.343 e. The van der Waals surface area contributed by atoms with Crippen molar-refractivity contribution in [3.8, 4) is 11.5 Å². The Morgan fingerprint density at radius 3 is 2.49 bits per heavy atom. The molecule has 6 nitrogen and oxygen atoms in total. The average molecular weight is 670 g/mol. The number of hydrogen-bond acceptors (Lipinski definition) is 6. The second-order valence-electron chi connectivity index (χ2n) is 8.61. The van der Waals surface area contributed by atoms with Gasteiger partial charge in [0, 0.05) is 5.02 Å². The molecule has 1 fully saturated rings. The van der Waals surface area contributed by atoms with Crippen LogP contribution < -0.4 is 9.47 Å². The third-order valence-electron chi connectivity index (χ3n) is 5.93. The first kappa shape index (κ1) is 27.2. The van der Waals surface area contributed by atoms with Gasteiger partial charge in [-0.05, 0) is 112 Å². The van der Waals surface area contributed by atoms with Gasteiger partial charge in [-0.15, -0.1) is 0 Å². The second kappa shape index (κ2) is 11.8. The molecule has 196 valence electrons. The summed E-state index contributed by atoms with van der Waals surface area (Å²) in [6, 6.07) is 23.7. The van der Waals surface area contributed by atoms with Crippen LogP contribution in [0.15, 0.2) is 83.8 Å². The van der Waals surface area contributed by atoms with Gasteiger partial charge in [0.1, 0.15) is 0 Å². The maximum atomic E-state index is 13.2. The summed E-state index contributed by atoms with van der Waals surface area (Å²) in [7, 11) is 0. The van der Waals surface area contributed by atoms with E-state index < -0.39 is 5.97 Å². The molecular formula is C30H21ClINO5S. The molecule has 4 aromatic carbocycles. The van der Waals surface area contributed by atoms with E-state index in [0.717, 1.165) is 28.1 Å². The lowest BCUT2D eigenvalue weighted by atomic mass is 10.1. The molecule has 9 heteroatoms. The molecule has 1 heterocycles. The van der Waals surface area contributed by atoms with Gasteiger partial charge in [-0.2, -0.15) is 0 Å². The standard InChI is InChI=1S/C30H21ClINO5S/c1-2-37-25-15-19(14-24(32)27(25)38-29(35)21-9-11-23(31)12-10-21)16-26-28(34)33(30(36)39-26)17-18-7-8-20-5-3-4-6-22(20)13-18/h3-16H,2,17H2,1H3/b26-16-. The van der Waals surface area contributed by atoms with Crippen LogP contribution in [-0.4, -0.2) is 28.6 Å². The summed E-state index contributed by atoms with van der Waals surface area (Å²) < 4.78 is 12.0. The van der Waals surface area contributed by atoms with Crippen molar-refractivity contribution < 1.29 is 23.9 Å². The van der Waals surface area contributed by atoms with E-state index in [1.54, 1.807) is 42.5 Å². The summed E-state index contributed by atoms with van der Waals surface area (Å²) in [4.78, 5) is 40.2. The number of carbonyl (C=O) groups is 3. The molecular weight excluding hydrogens is 649 g/mol. The van der Waals surface area contributed by atoms with Crippen molar-refractivity contribution in [3.05, 3.63) is 109 Å². The highest BCUT2D eigenvalue weighted by Crippen LogP contribution is 2.38. The first-order valence-electron chi connectivity index (χ1n) is 12.0. The fraction of sp³-hybridized carbons (Fsp3) is 0.100. The fourth-order valence-electron chi connectivity index (χ4n) is 4.08. The molecule has 2 amide bonds. The lowest BCUT2D eigenvalue weighted by Crippen LogP contribution is -2.27. The van der Waals surface area contributed by atoms with Gasteiger partial charge in [0.25, 0.3) is 11.1 Å². The zero-order chi connectivity index (χ0) is 27.5. The van der Waals surface area contributed by atoms with E-state index in [0.29, 0.717) is 37.0 Å². The normalized spacial score (nSPS) is 14.3. The van der Waals surface area contributed by atoms with Crippen molar-refractivity contribution >= 4 is 79.9 Å². The Morgan fingerprint density at radius 2 is 1.74 bits per heavy atom. The van der Waals surface area contributed by atoms with E-state index in [2.05, 4.69) is 22.6 Å². The quantitative estimate of drug-likeness (QED) is 0.0861. The highest BCUT2D eigenvalue weighted by Gasteiger charge is 2.35. The zero-order valence-electron chi connectivity index (χ0n) is 20.6. The Balaban J connectivity index is 1.38. The molecule has 0 atom stereocenters. The van der Waals surface area contributed by atoms with Crippen LogP contribution in [0.1, 0.15) is 28.4 Å². The van der Waals surface area contributed by atoms with Crippen LogP contribution in [0.4, 0.5) is 4.79 Å². The maximum absolute atomic E-state index is 13.2. The van der Waals surface area contributed by atoms with E-state index in [9.17, 15) is 14.4 Å². The van der Waals surface area contributed by atoms with Crippen LogP contribution in [-0.2, 0) is 11.3 Å². The van der Waals surface area contributed by atoms with Crippen LogP contribution >= 0.6 is 46.0 Å². The lowest BCUT2D eigenvalue weighted by Gasteiger charge is -2.14. The number of fused-ring (bicyclic) bond motifs is 1. The molecule has 0 N–H and O–H groups in total. The summed E-state index contributed by atoms with van der Waals surface area (Å²) in [6.45, 7) is 2.35. The van der Waals surface area contributed by atoms with E-state index >= 15 is 0 Å². The largest absolute Gasteiger partial charge is 0.490 e. The molecule has 0 bridgehead atoms. The SMILES string of the molecule is CCOc1cc(/C=C2\SC(=O)N(Cc3ccc4ccccc4c3)C2=O)cc(I)c1OC(=O)c1ccc(Cl)cc1. The predicted octanol–water partition coefficient (Wildman–Crippen LogP) is 7.95. The van der Waals surface area contributed by atoms with Gasteiger partial charge in [0.15, 0.2) is 11.5 Å². The first-order chi connectivity index (χ1) is 18.8. The molecule has 0 aliphatic carbocycles. The van der Waals surface area contributed by atoms with Gasteiger partial charge in [-0.25, -0.2) is 4.79 Å². The van der Waals surface area contributed by atoms with E-state index in [-0.39, 0.29) is 23.4 Å². The number of thioether (sulfide) groups is 1. The van der Waals surface area contributed by atoms with Gasteiger partial charge < -0.3 is 9.47 Å². The summed E-state index contributed by atoms with van der Waals surface area (Å²) in [5, 5.41) is 2.33. The molecule has 1 aliphatic heterocycles. The average Bonchev–Trinajstić information content (AvgIpc) is 3.18. The molecule has 5 rings (SSSR count). The third-order valence-corrected chi connectivity index (χ3v) is 7.89.